The highest BCUT2D eigenvalue weighted by Crippen LogP contribution is 2.05. The second-order valence-corrected chi connectivity index (χ2v) is 3.92. The van der Waals surface area contributed by atoms with Gasteiger partial charge < -0.3 is 0 Å². The van der Waals surface area contributed by atoms with Crippen LogP contribution in [0.5, 0.6) is 0 Å². The summed E-state index contributed by atoms with van der Waals surface area (Å²) in [5.74, 6) is 1.71. The van der Waals surface area contributed by atoms with Crippen LogP contribution >= 0.6 is 11.8 Å². The third-order valence-electron chi connectivity index (χ3n) is 1.72. The highest BCUT2D eigenvalue weighted by molar-refractivity contribution is 7.99. The summed E-state index contributed by atoms with van der Waals surface area (Å²) in [5.41, 5.74) is 0.725. The lowest BCUT2D eigenvalue weighted by atomic mass is 10.3. The van der Waals surface area contributed by atoms with Gasteiger partial charge >= 0.3 is 0 Å². The number of aromatic nitrogens is 2. The normalized spacial score (nSPS) is 10.3. The molecular weight excluding hydrogens is 184 g/mol. The van der Waals surface area contributed by atoms with Crippen molar-refractivity contribution in [2.24, 2.45) is 0 Å². The first kappa shape index (κ1) is 10.3. The molecule has 1 aromatic heterocycles. The molecule has 0 atom stereocenters. The van der Waals surface area contributed by atoms with E-state index >= 15 is 0 Å². The topological polar surface area (TPSA) is 34.9 Å². The van der Waals surface area contributed by atoms with Crippen LogP contribution in [0.1, 0.15) is 24.2 Å². The van der Waals surface area contributed by atoms with Crippen molar-refractivity contribution in [1.29, 1.82) is 0 Å². The first-order valence-electron chi connectivity index (χ1n) is 4.41. The molecule has 0 saturated carbocycles. The molecule has 3 nitrogen and oxygen atoms in total. The molecule has 4 heteroatoms. The quantitative estimate of drug-likeness (QED) is 0.677. The molecule has 0 unspecified atom stereocenters. The van der Waals surface area contributed by atoms with Crippen LogP contribution in [0.4, 0.5) is 0 Å². The number of Topliss-reactive ketones (excluding diaryl/α,β-unsaturated/α-hetero) is 1. The molecule has 72 valence electrons. The average Bonchev–Trinajstić information content (AvgIpc) is 2.62. The summed E-state index contributed by atoms with van der Waals surface area (Å²) in [6.07, 6.45) is 3.45. The van der Waals surface area contributed by atoms with Gasteiger partial charge in [-0.2, -0.15) is 16.9 Å². The van der Waals surface area contributed by atoms with Crippen LogP contribution in [0.3, 0.4) is 0 Å². The largest absolute Gasteiger partial charge is 0.293 e. The van der Waals surface area contributed by atoms with Gasteiger partial charge in [0.15, 0.2) is 5.78 Å². The van der Waals surface area contributed by atoms with Gasteiger partial charge in [0.25, 0.3) is 0 Å². The summed E-state index contributed by atoms with van der Waals surface area (Å²) in [5, 5.41) is 4.05. The van der Waals surface area contributed by atoms with Crippen molar-refractivity contribution in [2.75, 3.05) is 11.5 Å². The van der Waals surface area contributed by atoms with E-state index in [0.29, 0.717) is 5.75 Å². The highest BCUT2D eigenvalue weighted by atomic mass is 32.2. The predicted molar refractivity (Wildman–Crippen MR) is 55.2 cm³/mol. The summed E-state index contributed by atoms with van der Waals surface area (Å²) in [6, 6.07) is 0. The maximum absolute atomic E-state index is 11.5. The van der Waals surface area contributed by atoms with E-state index in [9.17, 15) is 4.79 Å². The second-order valence-electron chi connectivity index (χ2n) is 2.65. The van der Waals surface area contributed by atoms with E-state index in [4.69, 9.17) is 0 Å². The molecule has 1 heterocycles. The molecule has 0 aliphatic rings. The van der Waals surface area contributed by atoms with Crippen LogP contribution < -0.4 is 0 Å². The monoisotopic (exact) mass is 198 g/mol. The van der Waals surface area contributed by atoms with E-state index in [0.717, 1.165) is 17.9 Å². The molecule has 1 aromatic rings. The first-order valence-corrected chi connectivity index (χ1v) is 5.56. The minimum atomic E-state index is 0.173. The van der Waals surface area contributed by atoms with Crippen molar-refractivity contribution < 1.29 is 4.79 Å². The maximum Gasteiger partial charge on any atom is 0.175 e. The molecule has 0 aliphatic carbocycles. The van der Waals surface area contributed by atoms with E-state index in [1.807, 2.05) is 13.8 Å². The molecule has 0 spiro atoms. The zero-order chi connectivity index (χ0) is 9.68. The number of hydrogen-bond acceptors (Lipinski definition) is 3. The number of carbonyl (C=O) groups excluding carboxylic acids is 1. The molecule has 1 rings (SSSR count). The molecule has 0 bridgehead atoms. The fourth-order valence-corrected chi connectivity index (χ4v) is 1.51. The zero-order valence-corrected chi connectivity index (χ0v) is 8.80. The molecular formula is C9H14N2OS. The minimum Gasteiger partial charge on any atom is -0.293 e. The van der Waals surface area contributed by atoms with Crippen LogP contribution in [-0.2, 0) is 6.54 Å². The molecule has 13 heavy (non-hydrogen) atoms. The molecule has 0 saturated heterocycles. The van der Waals surface area contributed by atoms with Crippen molar-refractivity contribution in [3.8, 4) is 0 Å². The Hall–Kier alpha value is -0.770. The lowest BCUT2D eigenvalue weighted by Crippen LogP contribution is -2.01. The van der Waals surface area contributed by atoms with Gasteiger partial charge in [0, 0.05) is 12.7 Å². The lowest BCUT2D eigenvalue weighted by Gasteiger charge is -1.94. The smallest absolute Gasteiger partial charge is 0.175 e. The van der Waals surface area contributed by atoms with Gasteiger partial charge in [-0.3, -0.25) is 9.48 Å². The van der Waals surface area contributed by atoms with Crippen molar-refractivity contribution in [2.45, 2.75) is 20.4 Å². The summed E-state index contributed by atoms with van der Waals surface area (Å²) >= 11 is 1.64. The zero-order valence-electron chi connectivity index (χ0n) is 7.99. The number of carbonyl (C=O) groups is 1. The second kappa shape index (κ2) is 5.07. The summed E-state index contributed by atoms with van der Waals surface area (Å²) in [4.78, 5) is 11.5. The Morgan fingerprint density at radius 1 is 1.62 bits per heavy atom. The summed E-state index contributed by atoms with van der Waals surface area (Å²) in [6.45, 7) is 4.86. The first-order chi connectivity index (χ1) is 6.27. The maximum atomic E-state index is 11.5. The molecule has 0 aliphatic heterocycles. The van der Waals surface area contributed by atoms with Crippen LogP contribution in [-0.4, -0.2) is 27.1 Å². The summed E-state index contributed by atoms with van der Waals surface area (Å²) in [7, 11) is 0. The molecule has 0 aromatic carbocycles. The Balaban J connectivity index is 2.55. The van der Waals surface area contributed by atoms with E-state index in [1.165, 1.54) is 0 Å². The van der Waals surface area contributed by atoms with Crippen LogP contribution in [0.2, 0.25) is 0 Å². The fourth-order valence-electron chi connectivity index (χ4n) is 0.959. The van der Waals surface area contributed by atoms with Gasteiger partial charge in [-0.1, -0.05) is 6.92 Å². The standard InChI is InChI=1S/C9H14N2OS/c1-3-11-6-8(5-10-11)9(12)7-13-4-2/h5-6H,3-4,7H2,1-2H3. The Bertz CT molecular complexity index is 283. The van der Waals surface area contributed by atoms with E-state index < -0.39 is 0 Å². The van der Waals surface area contributed by atoms with Crippen molar-refractivity contribution >= 4 is 17.5 Å². The highest BCUT2D eigenvalue weighted by Gasteiger charge is 2.07. The molecule has 0 fully saturated rings. The predicted octanol–water partition coefficient (Wildman–Crippen LogP) is 1.84. The van der Waals surface area contributed by atoms with Gasteiger partial charge in [-0.15, -0.1) is 0 Å². The van der Waals surface area contributed by atoms with Crippen molar-refractivity contribution in [3.63, 3.8) is 0 Å². The SMILES string of the molecule is CCSCC(=O)c1cnn(CC)c1. The number of aryl methyl sites for hydroxylation is 1. The molecule has 0 amide bonds. The Labute approximate surface area is 82.5 Å². The van der Waals surface area contributed by atoms with Crippen molar-refractivity contribution in [3.05, 3.63) is 18.0 Å². The average molecular weight is 198 g/mol. The number of rotatable bonds is 5. The molecule has 0 N–H and O–H groups in total. The van der Waals surface area contributed by atoms with Crippen LogP contribution in [0.15, 0.2) is 12.4 Å². The van der Waals surface area contributed by atoms with Gasteiger partial charge in [0.2, 0.25) is 0 Å². The Kier molecular flexibility index (Phi) is 4.02. The lowest BCUT2D eigenvalue weighted by molar-refractivity contribution is 0.102. The van der Waals surface area contributed by atoms with E-state index in [-0.39, 0.29) is 5.78 Å². The molecule has 0 radical (unpaired) electrons. The third kappa shape index (κ3) is 2.88. The van der Waals surface area contributed by atoms with E-state index in [1.54, 1.807) is 28.8 Å². The third-order valence-corrected chi connectivity index (χ3v) is 2.59. The Morgan fingerprint density at radius 3 is 2.92 bits per heavy atom. The van der Waals surface area contributed by atoms with E-state index in [2.05, 4.69) is 5.10 Å². The fraction of sp³-hybridized carbons (Fsp3) is 0.556. The summed E-state index contributed by atoms with van der Waals surface area (Å²) < 4.78 is 1.77. The van der Waals surface area contributed by atoms with Gasteiger partial charge in [0.05, 0.1) is 17.5 Å². The van der Waals surface area contributed by atoms with Gasteiger partial charge in [0.1, 0.15) is 0 Å². The van der Waals surface area contributed by atoms with Crippen LogP contribution in [0.25, 0.3) is 0 Å². The number of nitrogens with zero attached hydrogens (tertiary/aromatic N) is 2. The van der Waals surface area contributed by atoms with Crippen molar-refractivity contribution in [1.82, 2.24) is 9.78 Å². The van der Waals surface area contributed by atoms with Crippen LogP contribution in [0, 0.1) is 0 Å². The number of hydrogen-bond donors (Lipinski definition) is 0. The minimum absolute atomic E-state index is 0.173. The number of thioether (sulfide) groups is 1. The van der Waals surface area contributed by atoms with Gasteiger partial charge in [-0.25, -0.2) is 0 Å². The number of ketones is 1. The van der Waals surface area contributed by atoms with Gasteiger partial charge in [-0.05, 0) is 12.7 Å². The Morgan fingerprint density at radius 2 is 2.38 bits per heavy atom.